The Balaban J connectivity index is 0.00000560. The van der Waals surface area contributed by atoms with Gasteiger partial charge in [0.25, 0.3) is 0 Å². The van der Waals surface area contributed by atoms with E-state index < -0.39 is 31.6 Å². The minimum absolute atomic E-state index is 0. The van der Waals surface area contributed by atoms with Crippen molar-refractivity contribution in [2.45, 2.75) is 9.79 Å². The zero-order chi connectivity index (χ0) is 28.5. The third kappa shape index (κ3) is 13.0. The van der Waals surface area contributed by atoms with Crippen LogP contribution in [0.1, 0.15) is 0 Å². The largest absolute Gasteiger partial charge is 1.00 e. The summed E-state index contributed by atoms with van der Waals surface area (Å²) < 4.78 is 72.2. The van der Waals surface area contributed by atoms with E-state index in [1.165, 1.54) is 48.5 Å². The van der Waals surface area contributed by atoms with E-state index >= 15 is 0 Å². The van der Waals surface area contributed by atoms with Gasteiger partial charge < -0.3 is 25.5 Å². The van der Waals surface area contributed by atoms with E-state index in [0.717, 1.165) is 0 Å². The maximum absolute atomic E-state index is 12.9. The fourth-order valence-corrected chi connectivity index (χ4v) is 5.44. The molecule has 0 unspecified atom stereocenters. The van der Waals surface area contributed by atoms with Crippen molar-refractivity contribution in [1.29, 1.82) is 0 Å². The minimum Gasteiger partial charge on any atom is -0.747 e. The second kappa shape index (κ2) is 20.5. The molecule has 0 amide bonds. The first kappa shape index (κ1) is 42.4. The summed E-state index contributed by atoms with van der Waals surface area (Å²) in [6.07, 6.45) is 0. The Labute approximate surface area is 314 Å². The molecule has 23 heteroatoms. The van der Waals surface area contributed by atoms with Gasteiger partial charge in [0, 0.05) is 15.7 Å². The van der Waals surface area contributed by atoms with Crippen LogP contribution < -0.4 is 105 Å². The fourth-order valence-electron chi connectivity index (χ4n) is 3.12. The molecule has 0 aliphatic rings. The Hall–Kier alpha value is 0.400. The smallest absolute Gasteiger partial charge is 0.747 e. The van der Waals surface area contributed by atoms with Crippen molar-refractivity contribution in [3.05, 3.63) is 48.5 Å². The van der Waals surface area contributed by atoms with Crippen molar-refractivity contribution in [3.63, 3.8) is 0 Å². The molecule has 0 bridgehead atoms. The Morgan fingerprint density at radius 1 is 0.905 bits per heavy atom. The number of rotatable bonds is 15. The second-order valence-corrected chi connectivity index (χ2v) is 11.9. The molecule has 2 N–H and O–H groups in total. The van der Waals surface area contributed by atoms with Gasteiger partial charge in [0.1, 0.15) is 33.1 Å². The summed E-state index contributed by atoms with van der Waals surface area (Å²) >= 11 is 0.602. The Morgan fingerprint density at radius 2 is 1.60 bits per heavy atom. The zero-order valence-electron chi connectivity index (χ0n) is 22.1. The van der Waals surface area contributed by atoms with Gasteiger partial charge in [0.2, 0.25) is 0 Å². The average Bonchev–Trinajstić information content (AvgIpc) is 2.89. The summed E-state index contributed by atoms with van der Waals surface area (Å²) in [6.45, 7) is -0.377. The normalized spacial score (nSPS) is 11.5. The van der Waals surface area contributed by atoms with Crippen molar-refractivity contribution in [2.24, 2.45) is 10.2 Å². The molecule has 0 spiro atoms. The number of aromatic hydroxyl groups is 1. The van der Waals surface area contributed by atoms with E-state index in [4.69, 9.17) is 4.18 Å². The zero-order valence-corrected chi connectivity index (χ0v) is 31.4. The van der Waals surface area contributed by atoms with Crippen molar-refractivity contribution in [1.82, 2.24) is 0 Å². The van der Waals surface area contributed by atoms with Gasteiger partial charge in [-0.25, -0.2) is 16.8 Å². The Kier molecular flexibility index (Phi) is 20.7. The summed E-state index contributed by atoms with van der Waals surface area (Å²) in [4.78, 5) is -0.0617. The van der Waals surface area contributed by atoms with Crippen LogP contribution >= 0.6 is 24.4 Å². The predicted octanol–water partition coefficient (Wildman–Crippen LogP) is -7.31. The van der Waals surface area contributed by atoms with Crippen LogP contribution in [0.2, 0.25) is 0 Å². The molecule has 0 aromatic heterocycles. The van der Waals surface area contributed by atoms with E-state index in [0.29, 0.717) is 12.0 Å². The Morgan fingerprint density at radius 3 is 2.26 bits per heavy atom. The number of anilines is 1. The number of phenols is 1. The summed E-state index contributed by atoms with van der Waals surface area (Å²) in [5, 5.41) is 47.7. The molecule has 16 nitrogen and oxygen atoms in total. The molecule has 3 aromatic rings. The van der Waals surface area contributed by atoms with E-state index in [9.17, 15) is 37.0 Å². The quantitative estimate of drug-likeness (QED) is 0.0286. The van der Waals surface area contributed by atoms with Gasteiger partial charge in [-0.3, -0.25) is 14.3 Å². The molecule has 0 heterocycles. The summed E-state index contributed by atoms with van der Waals surface area (Å²) in [7, 11) is -8.71. The number of fused-ring (bicyclic) bond motifs is 1. The van der Waals surface area contributed by atoms with Gasteiger partial charge in [-0.1, -0.05) is 12.1 Å². The van der Waals surface area contributed by atoms with Crippen LogP contribution in [0.5, 0.6) is 5.75 Å². The number of nitrogens with one attached hydrogen (secondary N) is 1. The molecule has 3 aromatic carbocycles. The number of sulfone groups is 1. The number of hydrogen-bond donors (Lipinski definition) is 2. The van der Waals surface area contributed by atoms with Crippen LogP contribution in [-0.4, -0.2) is 44.7 Å². The molecule has 42 heavy (non-hydrogen) atoms. The van der Waals surface area contributed by atoms with Crippen molar-refractivity contribution in [2.75, 3.05) is 23.6 Å². The first-order valence-electron chi connectivity index (χ1n) is 10.1. The number of hydrogen-bond acceptors (Lipinski definition) is 18. The fraction of sp³-hybridized carbons (Fsp3) is 0.158. The molecule has 0 saturated heterocycles. The molecule has 0 fully saturated rings. The summed E-state index contributed by atoms with van der Waals surface area (Å²) in [6, 6.07) is 10.9. The topological polar surface area (TPSA) is 241 Å². The van der Waals surface area contributed by atoms with Crippen LogP contribution in [0.4, 0.5) is 17.1 Å². The standard InChI is InChI=1S/C19H19N3O13S4.3Na/c23-17-10-12(36-34-32-24)9-14-13(17)5-6-16(20-11-39(28,29)30)19(14)22-21-15-3-1-2-4-18(15)38(26,27)8-7-31-37-35-33-25;;;/h1-6,9-10,20,23-25H,7-8,11H2,(H,28,29,30);;;/q;3*+1/p-3. The van der Waals surface area contributed by atoms with Gasteiger partial charge in [-0.2, -0.15) is 4.33 Å². The monoisotopic (exact) mass is 691 g/mol. The summed E-state index contributed by atoms with van der Waals surface area (Å²) in [5.74, 6) is -1.83. The van der Waals surface area contributed by atoms with Gasteiger partial charge in [0.05, 0.1) is 35.0 Å². The first-order valence-corrected chi connectivity index (χ1v) is 14.8. The number of benzene rings is 3. The third-order valence-corrected chi connectivity index (χ3v) is 7.80. The number of azo groups is 1. The minimum atomic E-state index is -4.71. The molecular formula is C19H16N3Na3O13S4. The van der Waals surface area contributed by atoms with Crippen molar-refractivity contribution < 1.29 is 149 Å². The Bertz CT molecular complexity index is 1550. The SMILES string of the molecule is O=S(=O)([O-])CNc1ccc2c(O)cc(SOO[O-])cc2c1N=Nc1ccccc1S(=O)(=O)CCOSOO[O-].[Na+].[Na+].[Na+]. The summed E-state index contributed by atoms with van der Waals surface area (Å²) in [5.41, 5.74) is -0.195. The van der Waals surface area contributed by atoms with E-state index in [1.807, 2.05) is 0 Å². The van der Waals surface area contributed by atoms with Crippen LogP contribution in [-0.2, 0) is 42.9 Å². The van der Waals surface area contributed by atoms with Crippen molar-refractivity contribution >= 4 is 72.2 Å². The van der Waals surface area contributed by atoms with Crippen LogP contribution in [0.3, 0.4) is 0 Å². The second-order valence-electron chi connectivity index (χ2n) is 7.11. The van der Waals surface area contributed by atoms with Crippen LogP contribution in [0, 0.1) is 0 Å². The number of phenolic OH excluding ortho intramolecular Hbond substituents is 1. The molecule has 0 atom stereocenters. The van der Waals surface area contributed by atoms with E-state index in [-0.39, 0.29) is 151 Å². The van der Waals surface area contributed by atoms with Crippen LogP contribution in [0.25, 0.3) is 10.8 Å². The third-order valence-electron chi connectivity index (χ3n) is 4.65. The van der Waals surface area contributed by atoms with Crippen LogP contribution in [0.15, 0.2) is 68.6 Å². The van der Waals surface area contributed by atoms with E-state index in [2.05, 4.69) is 34.3 Å². The molecule has 0 aliphatic carbocycles. The first-order chi connectivity index (χ1) is 18.6. The predicted molar refractivity (Wildman–Crippen MR) is 130 cm³/mol. The van der Waals surface area contributed by atoms with Gasteiger partial charge in [-0.05, 0) is 36.4 Å². The molecule has 212 valence electrons. The molecule has 0 aliphatic heterocycles. The molecule has 0 radical (unpaired) electrons. The average molecular weight is 692 g/mol. The van der Waals surface area contributed by atoms with Gasteiger partial charge in [-0.15, -0.1) is 14.6 Å². The van der Waals surface area contributed by atoms with Gasteiger partial charge in [0.15, 0.2) is 22.2 Å². The molecule has 0 saturated carbocycles. The molecule has 3 rings (SSSR count). The maximum Gasteiger partial charge on any atom is 1.00 e. The number of nitrogens with zero attached hydrogens (tertiary/aromatic N) is 2. The molecular weight excluding hydrogens is 675 g/mol. The van der Waals surface area contributed by atoms with E-state index in [1.54, 1.807) is 0 Å². The van der Waals surface area contributed by atoms with Gasteiger partial charge >= 0.3 is 88.7 Å². The maximum atomic E-state index is 12.9. The van der Waals surface area contributed by atoms with Crippen molar-refractivity contribution in [3.8, 4) is 5.75 Å².